The molecule has 0 bridgehead atoms. The molecule has 0 unspecified atom stereocenters. The Kier molecular flexibility index (Phi) is 10.2. The Balaban J connectivity index is 0.957. The van der Waals surface area contributed by atoms with Gasteiger partial charge in [-0.25, -0.2) is 0 Å². The molecule has 0 amide bonds. The van der Waals surface area contributed by atoms with E-state index in [0.29, 0.717) is 0 Å². The number of anilines is 3. The molecule has 3 heterocycles. The topological polar surface area (TPSA) is 13.1 Å². The number of nitrogens with zero attached hydrogens (tertiary/aromatic N) is 3. The minimum atomic E-state index is -0.660. The van der Waals surface area contributed by atoms with Crippen LogP contribution in [0.5, 0.6) is 0 Å². The molecular weight excluding hydrogens is 991 g/mol. The number of aromatic nitrogens is 2. The summed E-state index contributed by atoms with van der Waals surface area (Å²) < 4.78 is 5.06. The summed E-state index contributed by atoms with van der Waals surface area (Å²) in [6.45, 7) is 0. The highest BCUT2D eigenvalue weighted by Gasteiger charge is 2.49. The maximum atomic E-state index is 2.63. The van der Waals surface area contributed by atoms with Gasteiger partial charge in [-0.2, -0.15) is 0 Å². The lowest BCUT2D eigenvalue weighted by atomic mass is 9.67. The third-order valence-electron chi connectivity index (χ3n) is 17.7. The lowest BCUT2D eigenvalue weighted by Crippen LogP contribution is -2.28. The largest absolute Gasteiger partial charge is 0.309 e. The molecule has 0 spiro atoms. The van der Waals surface area contributed by atoms with Crippen molar-refractivity contribution in [3.63, 3.8) is 0 Å². The van der Waals surface area contributed by atoms with Crippen LogP contribution >= 0.6 is 0 Å². The number of para-hydroxylation sites is 4. The first-order chi connectivity index (χ1) is 40.7. The molecular formula is C79H51N3. The maximum Gasteiger partial charge on any atom is 0.0782 e. The fourth-order valence-electron chi connectivity index (χ4n) is 14.3. The molecule has 382 valence electrons. The van der Waals surface area contributed by atoms with Crippen molar-refractivity contribution in [1.82, 2.24) is 9.13 Å². The Morgan fingerprint density at radius 1 is 0.280 bits per heavy atom. The van der Waals surface area contributed by atoms with Gasteiger partial charge in [-0.05, 0) is 121 Å². The lowest BCUT2D eigenvalue weighted by molar-refractivity contribution is 0.769. The van der Waals surface area contributed by atoms with Crippen LogP contribution in [-0.4, -0.2) is 9.13 Å². The second kappa shape index (κ2) is 18.2. The summed E-state index contributed by atoms with van der Waals surface area (Å²) in [5.41, 5.74) is 26.7. The smallest absolute Gasteiger partial charge is 0.0782 e. The second-order valence-electron chi connectivity index (χ2n) is 21.9. The lowest BCUT2D eigenvalue weighted by Gasteiger charge is -2.35. The maximum absolute atomic E-state index is 2.63. The SMILES string of the molecule is c1ccc(-c2ccc(C3(c4ccc(-c5ccccc5)cc4)c4cccc5c4-c4c3ccc3c6ccccc6n(c43)-c3c-5cccc3N(c3cccc(-c4ccccc4)c3)c3cccc(-n4c5ccccc5c5ccccc54)c3)cc2)cc1. The summed E-state index contributed by atoms with van der Waals surface area (Å²) in [5.74, 6) is 0. The minimum Gasteiger partial charge on any atom is -0.309 e. The van der Waals surface area contributed by atoms with Gasteiger partial charge in [0.15, 0.2) is 0 Å². The Morgan fingerprint density at radius 2 is 0.732 bits per heavy atom. The Labute approximate surface area is 476 Å². The van der Waals surface area contributed by atoms with Gasteiger partial charge in [0.2, 0.25) is 0 Å². The van der Waals surface area contributed by atoms with Crippen LogP contribution in [0.25, 0.3) is 111 Å². The van der Waals surface area contributed by atoms with E-state index in [9.17, 15) is 0 Å². The number of benzene rings is 13. The van der Waals surface area contributed by atoms with Gasteiger partial charge in [0.25, 0.3) is 0 Å². The van der Waals surface area contributed by atoms with Crippen LogP contribution < -0.4 is 4.90 Å². The summed E-state index contributed by atoms with van der Waals surface area (Å²) in [4.78, 5) is 2.51. The molecule has 1 aliphatic carbocycles. The summed E-state index contributed by atoms with van der Waals surface area (Å²) >= 11 is 0. The van der Waals surface area contributed by atoms with Crippen LogP contribution in [0.2, 0.25) is 0 Å². The van der Waals surface area contributed by atoms with Crippen LogP contribution in [0, 0.1) is 0 Å². The van der Waals surface area contributed by atoms with E-state index in [0.717, 1.165) is 34.0 Å². The fraction of sp³-hybridized carbons (Fsp3) is 0.0127. The molecule has 0 radical (unpaired) electrons. The van der Waals surface area contributed by atoms with Crippen molar-refractivity contribution in [2.45, 2.75) is 5.41 Å². The monoisotopic (exact) mass is 1040 g/mol. The summed E-state index contributed by atoms with van der Waals surface area (Å²) in [7, 11) is 0. The van der Waals surface area contributed by atoms with E-state index in [4.69, 9.17) is 0 Å². The van der Waals surface area contributed by atoms with Crippen molar-refractivity contribution in [3.8, 4) is 67.0 Å². The highest BCUT2D eigenvalue weighted by Crippen LogP contribution is 2.63. The van der Waals surface area contributed by atoms with Crippen molar-refractivity contribution < 1.29 is 0 Å². The molecule has 0 saturated heterocycles. The molecule has 0 fully saturated rings. The van der Waals surface area contributed by atoms with E-state index in [1.807, 2.05) is 0 Å². The standard InChI is InChI=1S/C79H51N3/c1-4-20-52(21-5-1)55-40-44-58(45-41-55)79(59-46-42-56(43-47-59)53-22-6-2-7-23-53)69-35-18-33-66-67-34-19-39-74(77(67)82-73-38-15-12-32-65(73)68-48-49-70(79)76(75(66)69)78(68)82)80(60-27-16-26-57(50-60)54-24-8-3-9-25-54)61-28-17-29-62(51-61)81-71-36-13-10-30-63(71)64-31-11-14-37-72(64)81/h1-51H. The normalized spacial score (nSPS) is 12.7. The molecule has 0 atom stereocenters. The van der Waals surface area contributed by atoms with Gasteiger partial charge in [0.05, 0.1) is 38.9 Å². The summed E-state index contributed by atoms with van der Waals surface area (Å²) in [6, 6.07) is 115. The molecule has 2 aromatic heterocycles. The van der Waals surface area contributed by atoms with E-state index in [-0.39, 0.29) is 0 Å². The first-order valence-electron chi connectivity index (χ1n) is 28.4. The van der Waals surface area contributed by atoms with Gasteiger partial charge in [-0.1, -0.05) is 255 Å². The quantitative estimate of drug-likeness (QED) is 0.140. The van der Waals surface area contributed by atoms with E-state index in [1.165, 1.54) is 116 Å². The zero-order valence-electron chi connectivity index (χ0n) is 44.8. The highest BCUT2D eigenvalue weighted by atomic mass is 15.2. The number of rotatable bonds is 9. The van der Waals surface area contributed by atoms with Crippen molar-refractivity contribution in [2.24, 2.45) is 0 Å². The third-order valence-corrected chi connectivity index (χ3v) is 17.7. The molecule has 15 aromatic rings. The molecule has 3 nitrogen and oxygen atoms in total. The van der Waals surface area contributed by atoms with E-state index >= 15 is 0 Å². The average molecular weight is 1040 g/mol. The second-order valence-corrected chi connectivity index (χ2v) is 21.9. The Hall–Kier alpha value is -10.7. The first-order valence-corrected chi connectivity index (χ1v) is 28.4. The zero-order valence-corrected chi connectivity index (χ0v) is 44.8. The number of hydrogen-bond donors (Lipinski definition) is 0. The predicted molar refractivity (Wildman–Crippen MR) is 342 cm³/mol. The van der Waals surface area contributed by atoms with Crippen LogP contribution in [-0.2, 0) is 5.41 Å². The average Bonchev–Trinajstić information content (AvgIpc) is 1.71. The minimum absolute atomic E-state index is 0.660. The van der Waals surface area contributed by atoms with Crippen LogP contribution in [0.15, 0.2) is 309 Å². The van der Waals surface area contributed by atoms with Gasteiger partial charge in [0, 0.05) is 49.7 Å². The summed E-state index contributed by atoms with van der Waals surface area (Å²) in [6.07, 6.45) is 0. The van der Waals surface area contributed by atoms with Crippen LogP contribution in [0.3, 0.4) is 0 Å². The molecule has 2 aliphatic rings. The number of hydrogen-bond acceptors (Lipinski definition) is 1. The van der Waals surface area contributed by atoms with Crippen LogP contribution in [0.1, 0.15) is 22.3 Å². The molecule has 3 heteroatoms. The molecule has 1 aliphatic heterocycles. The molecule has 0 saturated carbocycles. The van der Waals surface area contributed by atoms with Crippen LogP contribution in [0.4, 0.5) is 17.1 Å². The third kappa shape index (κ3) is 6.71. The Morgan fingerprint density at radius 3 is 1.34 bits per heavy atom. The van der Waals surface area contributed by atoms with Gasteiger partial charge >= 0.3 is 0 Å². The molecule has 13 aromatic carbocycles. The number of fused-ring (bicyclic) bond motifs is 9. The van der Waals surface area contributed by atoms with Crippen molar-refractivity contribution >= 4 is 60.7 Å². The highest BCUT2D eigenvalue weighted by molar-refractivity contribution is 6.20. The van der Waals surface area contributed by atoms with E-state index < -0.39 is 5.41 Å². The van der Waals surface area contributed by atoms with Gasteiger partial charge in [-0.15, -0.1) is 0 Å². The van der Waals surface area contributed by atoms with Crippen molar-refractivity contribution in [1.29, 1.82) is 0 Å². The molecule has 17 rings (SSSR count). The van der Waals surface area contributed by atoms with E-state index in [1.54, 1.807) is 0 Å². The molecule has 82 heavy (non-hydrogen) atoms. The van der Waals surface area contributed by atoms with Gasteiger partial charge in [0.1, 0.15) is 0 Å². The predicted octanol–water partition coefficient (Wildman–Crippen LogP) is 20.7. The fourth-order valence-corrected chi connectivity index (χ4v) is 14.3. The van der Waals surface area contributed by atoms with Gasteiger partial charge in [-0.3, -0.25) is 0 Å². The van der Waals surface area contributed by atoms with Crippen molar-refractivity contribution in [3.05, 3.63) is 332 Å². The molecule has 0 N–H and O–H groups in total. The summed E-state index contributed by atoms with van der Waals surface area (Å²) in [5, 5.41) is 4.94. The van der Waals surface area contributed by atoms with E-state index in [2.05, 4.69) is 323 Å². The first kappa shape index (κ1) is 46.2. The van der Waals surface area contributed by atoms with Crippen molar-refractivity contribution in [2.75, 3.05) is 4.90 Å². The zero-order chi connectivity index (χ0) is 53.9. The Bertz CT molecular complexity index is 4870. The van der Waals surface area contributed by atoms with Gasteiger partial charge < -0.3 is 14.0 Å².